The predicted octanol–water partition coefficient (Wildman–Crippen LogP) is 4.02. The topological polar surface area (TPSA) is 3.24 Å². The van der Waals surface area contributed by atoms with Crippen LogP contribution in [0.2, 0.25) is 0 Å². The highest BCUT2D eigenvalue weighted by Gasteiger charge is 2.42. The van der Waals surface area contributed by atoms with Crippen molar-refractivity contribution in [2.24, 2.45) is 5.92 Å². The molecule has 0 N–H and O–H groups in total. The second-order valence-electron chi connectivity index (χ2n) is 6.52. The van der Waals surface area contributed by atoms with Gasteiger partial charge in [0.2, 0.25) is 0 Å². The molecular formula is C15H27N. The minimum atomic E-state index is 0.286. The lowest BCUT2D eigenvalue weighted by Crippen LogP contribution is -2.58. The molecule has 0 aromatic carbocycles. The maximum absolute atomic E-state index is 4.05. The molecule has 1 aliphatic rings. The largest absolute Gasteiger partial charge is 0.296 e. The fourth-order valence-electron chi connectivity index (χ4n) is 3.18. The van der Waals surface area contributed by atoms with Crippen molar-refractivity contribution in [3.05, 3.63) is 24.8 Å². The Kier molecular flexibility index (Phi) is 3.69. The lowest BCUT2D eigenvalue weighted by atomic mass is 9.72. The van der Waals surface area contributed by atoms with Crippen LogP contribution >= 0.6 is 0 Å². The van der Waals surface area contributed by atoms with E-state index in [9.17, 15) is 0 Å². The van der Waals surface area contributed by atoms with Gasteiger partial charge >= 0.3 is 0 Å². The number of piperidine rings is 1. The number of allylic oxidation sites excluding steroid dienone is 2. The molecule has 0 radical (unpaired) electrons. The molecule has 92 valence electrons. The molecule has 1 heteroatoms. The van der Waals surface area contributed by atoms with E-state index < -0.39 is 0 Å². The van der Waals surface area contributed by atoms with Crippen molar-refractivity contribution in [3.63, 3.8) is 0 Å². The summed E-state index contributed by atoms with van der Waals surface area (Å²) in [7, 11) is 2.25. The summed E-state index contributed by atoms with van der Waals surface area (Å²) >= 11 is 0. The highest BCUT2D eigenvalue weighted by Crippen LogP contribution is 2.42. The minimum absolute atomic E-state index is 0.286. The van der Waals surface area contributed by atoms with Crippen LogP contribution in [0.5, 0.6) is 0 Å². The molecule has 1 rings (SSSR count). The fraction of sp³-hybridized carbons (Fsp3) is 0.733. The molecule has 1 aliphatic heterocycles. The highest BCUT2D eigenvalue weighted by molar-refractivity contribution is 5.13. The van der Waals surface area contributed by atoms with Gasteiger partial charge in [-0.25, -0.2) is 0 Å². The van der Waals surface area contributed by atoms with Gasteiger partial charge in [-0.15, -0.1) is 0 Å². The molecule has 0 unspecified atom stereocenters. The first-order valence-corrected chi connectivity index (χ1v) is 6.23. The van der Waals surface area contributed by atoms with E-state index in [0.717, 1.165) is 12.3 Å². The van der Waals surface area contributed by atoms with Gasteiger partial charge < -0.3 is 0 Å². The molecule has 0 aromatic rings. The standard InChI is InChI=1S/C15H27N/c1-8-12(2)9-13-10-14(3,4)16(7)15(5,6)11-13/h8,13H,1-2,9-11H2,3-7H3. The smallest absolute Gasteiger partial charge is 0.0158 e. The normalized spacial score (nSPS) is 25.3. The molecular weight excluding hydrogens is 194 g/mol. The minimum Gasteiger partial charge on any atom is -0.296 e. The van der Waals surface area contributed by atoms with Crippen molar-refractivity contribution in [1.82, 2.24) is 4.90 Å². The van der Waals surface area contributed by atoms with Crippen molar-refractivity contribution in [3.8, 4) is 0 Å². The van der Waals surface area contributed by atoms with Crippen molar-refractivity contribution < 1.29 is 0 Å². The Hall–Kier alpha value is -0.560. The van der Waals surface area contributed by atoms with E-state index in [0.29, 0.717) is 0 Å². The van der Waals surface area contributed by atoms with E-state index in [4.69, 9.17) is 0 Å². The number of rotatable bonds is 3. The van der Waals surface area contributed by atoms with Crippen LogP contribution in [-0.2, 0) is 0 Å². The summed E-state index contributed by atoms with van der Waals surface area (Å²) in [5, 5.41) is 0. The van der Waals surface area contributed by atoms with Gasteiger partial charge in [-0.05, 0) is 59.9 Å². The third-order valence-electron chi connectivity index (χ3n) is 4.23. The quantitative estimate of drug-likeness (QED) is 0.651. The third kappa shape index (κ3) is 2.76. The van der Waals surface area contributed by atoms with Gasteiger partial charge in [0.05, 0.1) is 0 Å². The molecule has 0 aromatic heterocycles. The monoisotopic (exact) mass is 221 g/mol. The van der Waals surface area contributed by atoms with Crippen LogP contribution in [0.25, 0.3) is 0 Å². The Morgan fingerprint density at radius 1 is 1.25 bits per heavy atom. The summed E-state index contributed by atoms with van der Waals surface area (Å²) in [5.74, 6) is 0.742. The molecule has 0 spiro atoms. The number of likely N-dealkylation sites (tertiary alicyclic amines) is 1. The van der Waals surface area contributed by atoms with Crippen LogP contribution < -0.4 is 0 Å². The Balaban J connectivity index is 2.78. The zero-order chi connectivity index (χ0) is 12.6. The Morgan fingerprint density at radius 2 is 1.69 bits per heavy atom. The van der Waals surface area contributed by atoms with Gasteiger partial charge in [0.25, 0.3) is 0 Å². The molecule has 1 heterocycles. The van der Waals surface area contributed by atoms with E-state index in [2.05, 4.69) is 52.8 Å². The first-order valence-electron chi connectivity index (χ1n) is 6.23. The van der Waals surface area contributed by atoms with E-state index in [1.807, 2.05) is 6.08 Å². The Bertz CT molecular complexity index is 268. The number of hydrogen-bond donors (Lipinski definition) is 0. The van der Waals surface area contributed by atoms with Gasteiger partial charge in [-0.1, -0.05) is 24.8 Å². The first kappa shape index (κ1) is 13.5. The average Bonchev–Trinajstić information content (AvgIpc) is 2.13. The SMILES string of the molecule is C=CC(=C)CC1CC(C)(C)N(C)C(C)(C)C1. The van der Waals surface area contributed by atoms with Crippen LogP contribution in [0, 0.1) is 5.92 Å². The first-order chi connectivity index (χ1) is 7.19. The molecule has 0 saturated carbocycles. The van der Waals surface area contributed by atoms with Gasteiger partial charge in [-0.2, -0.15) is 0 Å². The third-order valence-corrected chi connectivity index (χ3v) is 4.23. The lowest BCUT2D eigenvalue weighted by Gasteiger charge is -2.54. The van der Waals surface area contributed by atoms with E-state index in [1.165, 1.54) is 18.4 Å². The summed E-state index contributed by atoms with van der Waals surface area (Å²) in [6, 6.07) is 0. The molecule has 0 aliphatic carbocycles. The second kappa shape index (κ2) is 4.37. The zero-order valence-corrected chi connectivity index (χ0v) is 11.6. The van der Waals surface area contributed by atoms with Crippen LogP contribution in [0.4, 0.5) is 0 Å². The van der Waals surface area contributed by atoms with Gasteiger partial charge in [0.1, 0.15) is 0 Å². The summed E-state index contributed by atoms with van der Waals surface area (Å²) in [4.78, 5) is 2.52. The van der Waals surface area contributed by atoms with Gasteiger partial charge in [-0.3, -0.25) is 4.90 Å². The zero-order valence-electron chi connectivity index (χ0n) is 11.6. The lowest BCUT2D eigenvalue weighted by molar-refractivity contribution is -0.0294. The molecule has 0 amide bonds. The number of hydrogen-bond acceptors (Lipinski definition) is 1. The van der Waals surface area contributed by atoms with Crippen LogP contribution in [-0.4, -0.2) is 23.0 Å². The van der Waals surface area contributed by atoms with Crippen LogP contribution in [0.15, 0.2) is 24.8 Å². The van der Waals surface area contributed by atoms with Crippen LogP contribution in [0.3, 0.4) is 0 Å². The van der Waals surface area contributed by atoms with Crippen molar-refractivity contribution in [1.29, 1.82) is 0 Å². The Morgan fingerprint density at radius 3 is 2.06 bits per heavy atom. The van der Waals surface area contributed by atoms with Crippen molar-refractivity contribution in [2.75, 3.05) is 7.05 Å². The summed E-state index contributed by atoms with van der Waals surface area (Å²) in [5.41, 5.74) is 1.75. The van der Waals surface area contributed by atoms with E-state index in [-0.39, 0.29) is 11.1 Å². The molecule has 1 saturated heterocycles. The van der Waals surface area contributed by atoms with Crippen molar-refractivity contribution >= 4 is 0 Å². The highest BCUT2D eigenvalue weighted by atomic mass is 15.2. The maximum Gasteiger partial charge on any atom is 0.0158 e. The van der Waals surface area contributed by atoms with Crippen molar-refractivity contribution in [2.45, 2.75) is 58.0 Å². The average molecular weight is 221 g/mol. The van der Waals surface area contributed by atoms with Crippen LogP contribution in [0.1, 0.15) is 47.0 Å². The summed E-state index contributed by atoms with van der Waals surface area (Å²) in [6.45, 7) is 17.2. The molecule has 0 bridgehead atoms. The van der Waals surface area contributed by atoms with E-state index >= 15 is 0 Å². The number of nitrogens with zero attached hydrogens (tertiary/aromatic N) is 1. The maximum atomic E-state index is 4.05. The second-order valence-corrected chi connectivity index (χ2v) is 6.52. The summed E-state index contributed by atoms with van der Waals surface area (Å²) < 4.78 is 0. The fourth-order valence-corrected chi connectivity index (χ4v) is 3.18. The van der Waals surface area contributed by atoms with E-state index in [1.54, 1.807) is 0 Å². The summed E-state index contributed by atoms with van der Waals surface area (Å²) in [6.07, 6.45) is 5.50. The molecule has 1 fully saturated rings. The molecule has 1 nitrogen and oxygen atoms in total. The van der Waals surface area contributed by atoms with Gasteiger partial charge in [0, 0.05) is 11.1 Å². The molecule has 16 heavy (non-hydrogen) atoms. The predicted molar refractivity (Wildman–Crippen MR) is 72.6 cm³/mol. The Labute approximate surface area is 101 Å². The van der Waals surface area contributed by atoms with Gasteiger partial charge in [0.15, 0.2) is 0 Å². The molecule has 0 atom stereocenters.